The van der Waals surface area contributed by atoms with Gasteiger partial charge in [-0.2, -0.15) is 0 Å². The SMILES string of the molecule is CO[C@@]1(C)O[C@]2(C)CO[C@H](c3ccccc3)O[C@@]2(C)[C@@](C)(O)[C@]1(C)O[C@]1(C)OC[C@H](C)[C@H](C)[C@@H]1C. The standard InChI is InChI=1S/C28H44O7/c1-18-16-32-24(5,20(3)19(18)2)35-27(8)25(6,29)26(7)23(4,34-28(27,9)30-10)17-31-22(33-26)21-14-12-11-13-15-21/h11-15,18-20,22,29H,16-17H2,1-10H3/t18-,19-,20-,22-,23+,24-,25+,26+,27-,28-/m0/s1. The fraction of sp³-hybridized carbons (Fsp3) is 0.786. The van der Waals surface area contributed by atoms with Crippen LogP contribution in [0.15, 0.2) is 30.3 Å². The first-order chi connectivity index (χ1) is 16.1. The van der Waals surface area contributed by atoms with Gasteiger partial charge >= 0.3 is 0 Å². The van der Waals surface area contributed by atoms with Crippen molar-refractivity contribution in [3.63, 3.8) is 0 Å². The van der Waals surface area contributed by atoms with E-state index >= 15 is 0 Å². The number of fused-ring (bicyclic) bond motifs is 1. The number of aliphatic hydroxyl groups is 1. The molecule has 0 bridgehead atoms. The quantitative estimate of drug-likeness (QED) is 0.646. The highest BCUT2D eigenvalue weighted by atomic mass is 16.8. The van der Waals surface area contributed by atoms with E-state index in [1.807, 2.05) is 58.0 Å². The molecule has 7 nitrogen and oxygen atoms in total. The van der Waals surface area contributed by atoms with Gasteiger partial charge < -0.3 is 33.5 Å². The summed E-state index contributed by atoms with van der Waals surface area (Å²) in [4.78, 5) is 0. The van der Waals surface area contributed by atoms with Crippen molar-refractivity contribution < 1.29 is 33.5 Å². The number of rotatable bonds is 4. The van der Waals surface area contributed by atoms with Crippen LogP contribution in [0.3, 0.4) is 0 Å². The molecular weight excluding hydrogens is 448 g/mol. The van der Waals surface area contributed by atoms with E-state index in [4.69, 9.17) is 28.4 Å². The highest BCUT2D eigenvalue weighted by Crippen LogP contribution is 2.61. The van der Waals surface area contributed by atoms with Gasteiger partial charge in [-0.15, -0.1) is 0 Å². The largest absolute Gasteiger partial charge is 0.384 e. The number of ether oxygens (including phenoxy) is 6. The Balaban J connectivity index is 1.79. The highest BCUT2D eigenvalue weighted by Gasteiger charge is 2.79. The first kappa shape index (κ1) is 27.0. The molecule has 1 aromatic rings. The van der Waals surface area contributed by atoms with Gasteiger partial charge in [0.05, 0.1) is 13.2 Å². The average molecular weight is 493 g/mol. The third kappa shape index (κ3) is 3.65. The van der Waals surface area contributed by atoms with Crippen LogP contribution in [0, 0.1) is 17.8 Å². The third-order valence-electron chi connectivity index (χ3n) is 10.0. The van der Waals surface area contributed by atoms with Gasteiger partial charge in [-0.05, 0) is 53.4 Å². The molecule has 3 saturated heterocycles. The van der Waals surface area contributed by atoms with Gasteiger partial charge in [0.25, 0.3) is 0 Å². The molecule has 0 radical (unpaired) electrons. The zero-order valence-corrected chi connectivity index (χ0v) is 23.0. The van der Waals surface area contributed by atoms with E-state index < -0.39 is 40.3 Å². The maximum absolute atomic E-state index is 12.6. The van der Waals surface area contributed by atoms with Gasteiger partial charge in [-0.3, -0.25) is 0 Å². The minimum absolute atomic E-state index is 0.0637. The average Bonchev–Trinajstić information content (AvgIpc) is 2.82. The fourth-order valence-electron chi connectivity index (χ4n) is 6.21. The summed E-state index contributed by atoms with van der Waals surface area (Å²) in [6.45, 7) is 18.4. The van der Waals surface area contributed by atoms with Crippen molar-refractivity contribution in [2.24, 2.45) is 17.8 Å². The normalized spacial score (nSPS) is 52.7. The molecule has 35 heavy (non-hydrogen) atoms. The summed E-state index contributed by atoms with van der Waals surface area (Å²) < 4.78 is 38.7. The van der Waals surface area contributed by atoms with E-state index in [9.17, 15) is 5.11 Å². The van der Waals surface area contributed by atoms with E-state index in [1.165, 1.54) is 0 Å². The summed E-state index contributed by atoms with van der Waals surface area (Å²) in [5.41, 5.74) is -4.36. The minimum atomic E-state index is -1.59. The Labute approximate surface area is 210 Å². The molecule has 0 aliphatic carbocycles. The predicted octanol–water partition coefficient (Wildman–Crippen LogP) is 4.82. The highest BCUT2D eigenvalue weighted by molar-refractivity contribution is 5.26. The van der Waals surface area contributed by atoms with Gasteiger partial charge in [0.1, 0.15) is 16.8 Å². The lowest BCUT2D eigenvalue weighted by molar-refractivity contribution is -0.516. The molecule has 3 aliphatic heterocycles. The van der Waals surface area contributed by atoms with Crippen molar-refractivity contribution in [2.45, 2.75) is 103 Å². The predicted molar refractivity (Wildman–Crippen MR) is 131 cm³/mol. The van der Waals surface area contributed by atoms with Gasteiger partial charge in [0.2, 0.25) is 0 Å². The molecule has 3 aliphatic rings. The van der Waals surface area contributed by atoms with Crippen LogP contribution >= 0.6 is 0 Å². The van der Waals surface area contributed by atoms with Crippen molar-refractivity contribution in [1.29, 1.82) is 0 Å². The summed E-state index contributed by atoms with van der Waals surface area (Å²) in [7, 11) is 1.57. The van der Waals surface area contributed by atoms with E-state index in [0.717, 1.165) is 5.56 Å². The molecule has 4 rings (SSSR count). The Morgan fingerprint density at radius 3 is 2.20 bits per heavy atom. The molecule has 10 atom stereocenters. The molecular formula is C28H44O7. The molecule has 3 fully saturated rings. The Bertz CT molecular complexity index is 923. The van der Waals surface area contributed by atoms with Gasteiger partial charge in [-0.25, -0.2) is 0 Å². The Hall–Kier alpha value is -1.06. The molecule has 198 valence electrons. The Morgan fingerprint density at radius 2 is 1.60 bits per heavy atom. The molecule has 0 aromatic heterocycles. The van der Waals surface area contributed by atoms with Gasteiger partial charge in [0, 0.05) is 18.6 Å². The first-order valence-corrected chi connectivity index (χ1v) is 12.8. The number of methoxy groups -OCH3 is 1. The van der Waals surface area contributed by atoms with Crippen molar-refractivity contribution >= 4 is 0 Å². The van der Waals surface area contributed by atoms with Gasteiger partial charge in [-0.1, -0.05) is 51.1 Å². The molecule has 1 aromatic carbocycles. The van der Waals surface area contributed by atoms with E-state index in [0.29, 0.717) is 18.4 Å². The van der Waals surface area contributed by atoms with Crippen LogP contribution in [0.25, 0.3) is 0 Å². The second kappa shape index (κ2) is 8.48. The Morgan fingerprint density at radius 1 is 0.971 bits per heavy atom. The van der Waals surface area contributed by atoms with Crippen molar-refractivity contribution in [3.8, 4) is 0 Å². The van der Waals surface area contributed by atoms with Gasteiger partial charge in [0.15, 0.2) is 23.5 Å². The van der Waals surface area contributed by atoms with Crippen LogP contribution in [-0.2, 0) is 28.4 Å². The monoisotopic (exact) mass is 492 g/mol. The van der Waals surface area contributed by atoms with Crippen molar-refractivity contribution in [3.05, 3.63) is 35.9 Å². The van der Waals surface area contributed by atoms with Crippen molar-refractivity contribution in [2.75, 3.05) is 20.3 Å². The topological polar surface area (TPSA) is 75.6 Å². The lowest BCUT2D eigenvalue weighted by atomic mass is 9.60. The maximum Gasteiger partial charge on any atom is 0.198 e. The van der Waals surface area contributed by atoms with E-state index in [2.05, 4.69) is 20.8 Å². The van der Waals surface area contributed by atoms with Crippen LogP contribution in [0.2, 0.25) is 0 Å². The first-order valence-electron chi connectivity index (χ1n) is 12.8. The summed E-state index contributed by atoms with van der Waals surface area (Å²) in [6, 6.07) is 9.72. The molecule has 7 heteroatoms. The zero-order chi connectivity index (χ0) is 26.1. The maximum atomic E-state index is 12.6. The van der Waals surface area contributed by atoms with E-state index in [1.54, 1.807) is 21.0 Å². The fourth-order valence-corrected chi connectivity index (χ4v) is 6.21. The van der Waals surface area contributed by atoms with Crippen LogP contribution in [0.4, 0.5) is 0 Å². The number of benzene rings is 1. The summed E-state index contributed by atoms with van der Waals surface area (Å²) in [5.74, 6) is -1.48. The molecule has 0 spiro atoms. The summed E-state index contributed by atoms with van der Waals surface area (Å²) in [6.07, 6.45) is -0.665. The lowest BCUT2D eigenvalue weighted by Crippen LogP contribution is -2.87. The molecule has 1 N–H and O–H groups in total. The van der Waals surface area contributed by atoms with Crippen LogP contribution in [0.5, 0.6) is 0 Å². The zero-order valence-electron chi connectivity index (χ0n) is 23.0. The van der Waals surface area contributed by atoms with Crippen LogP contribution in [-0.4, -0.2) is 59.4 Å². The molecule has 0 unspecified atom stereocenters. The van der Waals surface area contributed by atoms with E-state index in [-0.39, 0.29) is 12.5 Å². The van der Waals surface area contributed by atoms with Crippen molar-refractivity contribution in [1.82, 2.24) is 0 Å². The summed E-state index contributed by atoms with van der Waals surface area (Å²) in [5, 5.41) is 12.6. The number of hydrogen-bond acceptors (Lipinski definition) is 7. The smallest absolute Gasteiger partial charge is 0.198 e. The summed E-state index contributed by atoms with van der Waals surface area (Å²) >= 11 is 0. The second-order valence-corrected chi connectivity index (χ2v) is 11.8. The lowest BCUT2D eigenvalue weighted by Gasteiger charge is -2.70. The molecule has 0 amide bonds. The molecule has 0 saturated carbocycles. The second-order valence-electron chi connectivity index (χ2n) is 11.8. The number of hydrogen-bond donors (Lipinski definition) is 1. The molecule has 3 heterocycles. The third-order valence-corrected chi connectivity index (χ3v) is 10.0. The minimum Gasteiger partial charge on any atom is -0.384 e. The Kier molecular flexibility index (Phi) is 6.54. The van der Waals surface area contributed by atoms with Crippen LogP contribution < -0.4 is 0 Å². The van der Waals surface area contributed by atoms with Crippen LogP contribution in [0.1, 0.15) is 74.2 Å².